The summed E-state index contributed by atoms with van der Waals surface area (Å²) in [7, 11) is 0. The van der Waals surface area contributed by atoms with Crippen molar-refractivity contribution in [3.63, 3.8) is 0 Å². The Morgan fingerprint density at radius 1 is 0.828 bits per heavy atom. The minimum Gasteiger partial charge on any atom is -0.337 e. The molecule has 0 unspecified atom stereocenters. The molecule has 4 nitrogen and oxygen atoms in total. The zero-order valence-corrected chi connectivity index (χ0v) is 16.7. The molecule has 9 heteroatoms. The fourth-order valence-corrected chi connectivity index (χ4v) is 3.52. The van der Waals surface area contributed by atoms with Gasteiger partial charge in [-0.2, -0.15) is 13.2 Å². The Morgan fingerprint density at radius 2 is 1.45 bits per heavy atom. The second-order valence-electron chi connectivity index (χ2n) is 6.61. The van der Waals surface area contributed by atoms with Gasteiger partial charge < -0.3 is 9.80 Å². The maximum Gasteiger partial charge on any atom is 0.417 e. The number of alkyl halides is 3. The van der Waals surface area contributed by atoms with Crippen LogP contribution in [-0.2, 0) is 6.18 Å². The molecule has 0 bridgehead atoms. The zero-order valence-electron chi connectivity index (χ0n) is 15.2. The van der Waals surface area contributed by atoms with Crippen molar-refractivity contribution < 1.29 is 22.8 Å². The molecule has 1 aliphatic heterocycles. The van der Waals surface area contributed by atoms with Crippen molar-refractivity contribution in [3.05, 3.63) is 69.2 Å². The van der Waals surface area contributed by atoms with E-state index in [0.29, 0.717) is 23.6 Å². The van der Waals surface area contributed by atoms with Crippen LogP contribution in [0.4, 0.5) is 13.2 Å². The first-order valence-electron chi connectivity index (χ1n) is 8.88. The summed E-state index contributed by atoms with van der Waals surface area (Å²) in [5.74, 6) is -0.963. The van der Waals surface area contributed by atoms with E-state index < -0.39 is 17.6 Å². The number of halogens is 5. The standard InChI is InChI=1S/C20H17Cl2F3N2O2/c21-16-7-6-13(12-17(16)22)18(28)26-8-3-9-27(11-10-26)19(29)14-4-1-2-5-15(14)20(23,24)25/h1-2,4-7,12H,3,8-11H2. The third-order valence-corrected chi connectivity index (χ3v) is 5.44. The van der Waals surface area contributed by atoms with E-state index in [1.54, 1.807) is 11.0 Å². The summed E-state index contributed by atoms with van der Waals surface area (Å²) >= 11 is 11.8. The van der Waals surface area contributed by atoms with Gasteiger partial charge in [0.2, 0.25) is 0 Å². The Hall–Kier alpha value is -2.25. The number of benzene rings is 2. The van der Waals surface area contributed by atoms with Gasteiger partial charge in [-0.1, -0.05) is 35.3 Å². The molecule has 2 amide bonds. The number of nitrogens with zero attached hydrogens (tertiary/aromatic N) is 2. The number of amides is 2. The Kier molecular flexibility index (Phi) is 6.39. The molecular formula is C20H17Cl2F3N2O2. The first-order chi connectivity index (χ1) is 13.7. The van der Waals surface area contributed by atoms with Crippen molar-refractivity contribution >= 4 is 35.0 Å². The molecule has 3 rings (SSSR count). The van der Waals surface area contributed by atoms with Crippen LogP contribution in [0.5, 0.6) is 0 Å². The van der Waals surface area contributed by atoms with Gasteiger partial charge in [-0.3, -0.25) is 9.59 Å². The lowest BCUT2D eigenvalue weighted by Gasteiger charge is -2.23. The van der Waals surface area contributed by atoms with Gasteiger partial charge in [-0.05, 0) is 36.8 Å². The first-order valence-corrected chi connectivity index (χ1v) is 9.64. The van der Waals surface area contributed by atoms with E-state index in [1.165, 1.54) is 35.2 Å². The van der Waals surface area contributed by atoms with Crippen LogP contribution in [0.2, 0.25) is 10.0 Å². The Balaban J connectivity index is 1.74. The molecule has 0 atom stereocenters. The monoisotopic (exact) mass is 444 g/mol. The van der Waals surface area contributed by atoms with E-state index in [0.717, 1.165) is 6.07 Å². The van der Waals surface area contributed by atoms with Gasteiger partial charge in [0, 0.05) is 31.7 Å². The lowest BCUT2D eigenvalue weighted by atomic mass is 10.1. The van der Waals surface area contributed by atoms with Crippen molar-refractivity contribution in [2.75, 3.05) is 26.2 Å². The summed E-state index contributed by atoms with van der Waals surface area (Å²) in [6, 6.07) is 9.28. The molecule has 0 radical (unpaired) electrons. The highest BCUT2D eigenvalue weighted by molar-refractivity contribution is 6.42. The van der Waals surface area contributed by atoms with Crippen LogP contribution in [0.25, 0.3) is 0 Å². The summed E-state index contributed by atoms with van der Waals surface area (Å²) in [5.41, 5.74) is -0.983. The van der Waals surface area contributed by atoms with E-state index in [1.807, 2.05) is 0 Å². The normalized spacial score (nSPS) is 15.2. The predicted octanol–water partition coefficient (Wildman–Crippen LogP) is 5.00. The summed E-state index contributed by atoms with van der Waals surface area (Å²) in [6.07, 6.45) is -4.17. The lowest BCUT2D eigenvalue weighted by Crippen LogP contribution is -2.38. The van der Waals surface area contributed by atoms with Gasteiger partial charge >= 0.3 is 6.18 Å². The third-order valence-electron chi connectivity index (χ3n) is 4.70. The Morgan fingerprint density at radius 3 is 2.07 bits per heavy atom. The fourth-order valence-electron chi connectivity index (χ4n) is 3.22. The topological polar surface area (TPSA) is 40.6 Å². The van der Waals surface area contributed by atoms with Crippen LogP contribution in [0.15, 0.2) is 42.5 Å². The first kappa shape index (κ1) is 21.5. The quantitative estimate of drug-likeness (QED) is 0.653. The number of carbonyl (C=O) groups is 2. The van der Waals surface area contributed by atoms with Gasteiger partial charge in [0.1, 0.15) is 0 Å². The fraction of sp³-hybridized carbons (Fsp3) is 0.300. The van der Waals surface area contributed by atoms with Crippen molar-refractivity contribution in [2.24, 2.45) is 0 Å². The van der Waals surface area contributed by atoms with Crippen LogP contribution in [-0.4, -0.2) is 47.8 Å². The Bertz CT molecular complexity index is 934. The molecule has 2 aromatic rings. The highest BCUT2D eigenvalue weighted by atomic mass is 35.5. The van der Waals surface area contributed by atoms with E-state index in [9.17, 15) is 22.8 Å². The lowest BCUT2D eigenvalue weighted by molar-refractivity contribution is -0.138. The molecule has 0 saturated carbocycles. The highest BCUT2D eigenvalue weighted by Crippen LogP contribution is 2.32. The largest absolute Gasteiger partial charge is 0.417 e. The molecule has 29 heavy (non-hydrogen) atoms. The molecule has 0 spiro atoms. The molecule has 1 aliphatic rings. The van der Waals surface area contributed by atoms with E-state index >= 15 is 0 Å². The predicted molar refractivity (Wildman–Crippen MR) is 104 cm³/mol. The summed E-state index contributed by atoms with van der Waals surface area (Å²) < 4.78 is 39.7. The van der Waals surface area contributed by atoms with Gasteiger partial charge in [0.05, 0.1) is 21.2 Å². The second-order valence-corrected chi connectivity index (χ2v) is 7.42. The molecule has 0 aliphatic carbocycles. The van der Waals surface area contributed by atoms with Crippen molar-refractivity contribution in [1.82, 2.24) is 9.80 Å². The zero-order chi connectivity index (χ0) is 21.2. The van der Waals surface area contributed by atoms with Gasteiger partial charge in [-0.15, -0.1) is 0 Å². The Labute approximate surface area is 175 Å². The van der Waals surface area contributed by atoms with E-state index in [2.05, 4.69) is 0 Å². The maximum absolute atomic E-state index is 13.2. The number of hydrogen-bond acceptors (Lipinski definition) is 2. The van der Waals surface area contributed by atoms with Gasteiger partial charge in [-0.25, -0.2) is 0 Å². The number of carbonyl (C=O) groups excluding carboxylic acids is 2. The van der Waals surface area contributed by atoms with E-state index in [4.69, 9.17) is 23.2 Å². The van der Waals surface area contributed by atoms with Gasteiger partial charge in [0.15, 0.2) is 0 Å². The summed E-state index contributed by atoms with van der Waals surface area (Å²) in [4.78, 5) is 28.4. The minimum atomic E-state index is -4.62. The molecule has 0 N–H and O–H groups in total. The minimum absolute atomic E-state index is 0.137. The number of rotatable bonds is 2. The molecule has 154 valence electrons. The van der Waals surface area contributed by atoms with Crippen LogP contribution in [0.1, 0.15) is 32.7 Å². The van der Waals surface area contributed by atoms with Crippen LogP contribution >= 0.6 is 23.2 Å². The van der Waals surface area contributed by atoms with Crippen molar-refractivity contribution in [2.45, 2.75) is 12.6 Å². The van der Waals surface area contributed by atoms with Crippen LogP contribution in [0.3, 0.4) is 0 Å². The molecule has 1 fully saturated rings. The third kappa shape index (κ3) is 4.85. The summed E-state index contributed by atoms with van der Waals surface area (Å²) in [5, 5.41) is 0.590. The highest BCUT2D eigenvalue weighted by Gasteiger charge is 2.36. The smallest absolute Gasteiger partial charge is 0.337 e. The summed E-state index contributed by atoms with van der Waals surface area (Å²) in [6.45, 7) is 0.983. The molecule has 1 saturated heterocycles. The molecule has 0 aromatic heterocycles. The molecule has 2 aromatic carbocycles. The van der Waals surface area contributed by atoms with Crippen LogP contribution < -0.4 is 0 Å². The van der Waals surface area contributed by atoms with Crippen molar-refractivity contribution in [3.8, 4) is 0 Å². The van der Waals surface area contributed by atoms with Crippen LogP contribution in [0, 0.1) is 0 Å². The van der Waals surface area contributed by atoms with Crippen molar-refractivity contribution in [1.29, 1.82) is 0 Å². The number of hydrogen-bond donors (Lipinski definition) is 0. The average molecular weight is 445 g/mol. The average Bonchev–Trinajstić information content (AvgIpc) is 2.94. The molecule has 1 heterocycles. The second kappa shape index (κ2) is 8.63. The van der Waals surface area contributed by atoms with E-state index in [-0.39, 0.29) is 36.1 Å². The maximum atomic E-state index is 13.2. The molecular weight excluding hydrogens is 428 g/mol. The SMILES string of the molecule is O=C(c1ccc(Cl)c(Cl)c1)N1CCCN(C(=O)c2ccccc2C(F)(F)F)CC1. The van der Waals surface area contributed by atoms with Gasteiger partial charge in [0.25, 0.3) is 11.8 Å².